The number of hydrogen-bond donors (Lipinski definition) is 0. The molecule has 2 heteroatoms. The Bertz CT molecular complexity index is 1090. The number of carbonyl (C=O) groups is 1. The molecule has 4 rings (SSSR count). The molecule has 0 saturated heterocycles. The fourth-order valence-corrected chi connectivity index (χ4v) is 3.83. The summed E-state index contributed by atoms with van der Waals surface area (Å²) >= 11 is 0. The molecule has 0 N–H and O–H groups in total. The normalized spacial score (nSPS) is 10.6. The number of carbonyl (C=O) groups excluding carboxylic acids is 1. The predicted molar refractivity (Wildman–Crippen MR) is 122 cm³/mol. The van der Waals surface area contributed by atoms with Gasteiger partial charge in [-0.05, 0) is 27.8 Å². The van der Waals surface area contributed by atoms with Crippen molar-refractivity contribution in [2.75, 3.05) is 6.16 Å². The van der Waals surface area contributed by atoms with Gasteiger partial charge in [0, 0.05) is 17.3 Å². The monoisotopic (exact) mass is 380 g/mol. The Labute approximate surface area is 168 Å². The zero-order valence-corrected chi connectivity index (χ0v) is 16.7. The predicted octanol–water partition coefficient (Wildman–Crippen LogP) is 6.75. The van der Waals surface area contributed by atoms with Gasteiger partial charge in [0.15, 0.2) is 5.78 Å². The van der Waals surface area contributed by atoms with Crippen LogP contribution in [0.4, 0.5) is 0 Å². The van der Waals surface area contributed by atoms with Crippen LogP contribution in [0.25, 0.3) is 33.4 Å². The zero-order chi connectivity index (χ0) is 19.3. The molecule has 0 bridgehead atoms. The summed E-state index contributed by atoms with van der Waals surface area (Å²) in [6.07, 6.45) is 0.402. The summed E-state index contributed by atoms with van der Waals surface area (Å²) in [6.45, 7) is 0. The van der Waals surface area contributed by atoms with Crippen molar-refractivity contribution in [3.63, 3.8) is 0 Å². The Morgan fingerprint density at radius 1 is 0.571 bits per heavy atom. The maximum Gasteiger partial charge on any atom is 0.167 e. The molecule has 0 aliphatic rings. The standard InChI is InChI=1S/C26H21OP/c27-24(18-28)23-17-16-22(19-10-4-1-5-11-19)25(20-12-6-2-7-13-20)26(23)21-14-8-3-9-15-21/h1-17H,18,28H2. The summed E-state index contributed by atoms with van der Waals surface area (Å²) in [5.41, 5.74) is 7.30. The van der Waals surface area contributed by atoms with Crippen molar-refractivity contribution in [1.82, 2.24) is 0 Å². The van der Waals surface area contributed by atoms with Crippen LogP contribution in [-0.4, -0.2) is 11.9 Å². The highest BCUT2D eigenvalue weighted by Gasteiger charge is 2.20. The molecule has 1 nitrogen and oxygen atoms in total. The van der Waals surface area contributed by atoms with Crippen LogP contribution in [0, 0.1) is 0 Å². The van der Waals surface area contributed by atoms with Crippen LogP contribution < -0.4 is 0 Å². The van der Waals surface area contributed by atoms with Gasteiger partial charge in [-0.1, -0.05) is 103 Å². The van der Waals surface area contributed by atoms with Gasteiger partial charge in [-0.2, -0.15) is 0 Å². The van der Waals surface area contributed by atoms with Gasteiger partial charge < -0.3 is 0 Å². The van der Waals surface area contributed by atoms with E-state index in [1.54, 1.807) is 0 Å². The molecule has 1 atom stereocenters. The lowest BCUT2D eigenvalue weighted by Crippen LogP contribution is -2.05. The van der Waals surface area contributed by atoms with E-state index in [1.165, 1.54) is 0 Å². The minimum absolute atomic E-state index is 0.126. The second kappa shape index (κ2) is 8.33. The van der Waals surface area contributed by atoms with E-state index >= 15 is 0 Å². The number of hydrogen-bond acceptors (Lipinski definition) is 1. The van der Waals surface area contributed by atoms with E-state index < -0.39 is 0 Å². The lowest BCUT2D eigenvalue weighted by molar-refractivity contribution is 0.102. The first-order valence-corrected chi connectivity index (χ1v) is 10.2. The van der Waals surface area contributed by atoms with Crippen LogP contribution in [0.1, 0.15) is 10.4 Å². The Morgan fingerprint density at radius 3 is 1.54 bits per heavy atom. The van der Waals surface area contributed by atoms with E-state index in [0.717, 1.165) is 38.9 Å². The highest BCUT2D eigenvalue weighted by Crippen LogP contribution is 2.42. The molecule has 1 unspecified atom stereocenters. The summed E-state index contributed by atoms with van der Waals surface area (Å²) in [5.74, 6) is 0.126. The Kier molecular flexibility index (Phi) is 5.46. The molecule has 0 fully saturated rings. The van der Waals surface area contributed by atoms with Gasteiger partial charge in [-0.15, -0.1) is 9.24 Å². The SMILES string of the molecule is O=C(CP)c1ccc(-c2ccccc2)c(-c2ccccc2)c1-c1ccccc1. The fraction of sp³-hybridized carbons (Fsp3) is 0.0385. The highest BCUT2D eigenvalue weighted by atomic mass is 31.0. The average molecular weight is 380 g/mol. The molecule has 4 aromatic carbocycles. The summed E-state index contributed by atoms with van der Waals surface area (Å²) in [6, 6.07) is 35.0. The summed E-state index contributed by atoms with van der Waals surface area (Å²) in [5, 5.41) is 0. The molecule has 0 aliphatic heterocycles. The molecular weight excluding hydrogens is 359 g/mol. The maximum absolute atomic E-state index is 12.8. The molecule has 4 aromatic rings. The molecular formula is C26H21OP. The van der Waals surface area contributed by atoms with E-state index in [2.05, 4.69) is 51.7 Å². The minimum Gasteiger partial charge on any atom is -0.294 e. The molecule has 0 heterocycles. The van der Waals surface area contributed by atoms with Crippen LogP contribution in [0.15, 0.2) is 103 Å². The number of Topliss-reactive ketones (excluding diaryl/α,β-unsaturated/α-hetero) is 1. The van der Waals surface area contributed by atoms with Gasteiger partial charge >= 0.3 is 0 Å². The molecule has 28 heavy (non-hydrogen) atoms. The molecule has 0 spiro atoms. The van der Waals surface area contributed by atoms with E-state index in [1.807, 2.05) is 60.7 Å². The molecule has 0 amide bonds. The zero-order valence-electron chi connectivity index (χ0n) is 15.5. The van der Waals surface area contributed by atoms with Crippen molar-refractivity contribution in [2.45, 2.75) is 0 Å². The van der Waals surface area contributed by atoms with E-state index in [4.69, 9.17) is 0 Å². The van der Waals surface area contributed by atoms with Gasteiger partial charge in [0.05, 0.1) is 0 Å². The quantitative estimate of drug-likeness (QED) is 0.277. The van der Waals surface area contributed by atoms with Crippen LogP contribution in [0.5, 0.6) is 0 Å². The van der Waals surface area contributed by atoms with Crippen molar-refractivity contribution in [1.29, 1.82) is 0 Å². The van der Waals surface area contributed by atoms with Crippen LogP contribution in [0.3, 0.4) is 0 Å². The summed E-state index contributed by atoms with van der Waals surface area (Å²) in [4.78, 5) is 12.8. The number of rotatable bonds is 5. The van der Waals surface area contributed by atoms with Crippen molar-refractivity contribution < 1.29 is 4.79 Å². The van der Waals surface area contributed by atoms with Gasteiger partial charge in [0.25, 0.3) is 0 Å². The first kappa shape index (κ1) is 18.3. The maximum atomic E-state index is 12.8. The highest BCUT2D eigenvalue weighted by molar-refractivity contribution is 7.18. The van der Waals surface area contributed by atoms with Crippen molar-refractivity contribution in [2.24, 2.45) is 0 Å². The number of benzene rings is 4. The van der Waals surface area contributed by atoms with Crippen LogP contribution >= 0.6 is 9.24 Å². The molecule has 0 aromatic heterocycles. The van der Waals surface area contributed by atoms with E-state index in [9.17, 15) is 4.79 Å². The Morgan fingerprint density at radius 2 is 1.04 bits per heavy atom. The first-order chi connectivity index (χ1) is 13.8. The molecule has 0 aliphatic carbocycles. The van der Waals surface area contributed by atoms with Crippen molar-refractivity contribution in [3.8, 4) is 33.4 Å². The third-order valence-corrected chi connectivity index (χ3v) is 5.27. The molecule has 136 valence electrons. The van der Waals surface area contributed by atoms with Gasteiger partial charge in [0.1, 0.15) is 0 Å². The first-order valence-electron chi connectivity index (χ1n) is 9.36. The average Bonchev–Trinajstić information content (AvgIpc) is 2.79. The van der Waals surface area contributed by atoms with Gasteiger partial charge in [-0.25, -0.2) is 0 Å². The lowest BCUT2D eigenvalue weighted by atomic mass is 9.84. The Balaban J connectivity index is 2.12. The molecule has 0 saturated carbocycles. The summed E-state index contributed by atoms with van der Waals surface area (Å²) < 4.78 is 0. The second-order valence-electron chi connectivity index (χ2n) is 6.64. The lowest BCUT2D eigenvalue weighted by Gasteiger charge is -2.19. The minimum atomic E-state index is 0.126. The van der Waals surface area contributed by atoms with Crippen LogP contribution in [-0.2, 0) is 0 Å². The third-order valence-electron chi connectivity index (χ3n) is 4.90. The number of ketones is 1. The van der Waals surface area contributed by atoms with E-state index in [0.29, 0.717) is 6.16 Å². The van der Waals surface area contributed by atoms with Gasteiger partial charge in [-0.3, -0.25) is 4.79 Å². The molecule has 0 radical (unpaired) electrons. The largest absolute Gasteiger partial charge is 0.294 e. The van der Waals surface area contributed by atoms with Crippen molar-refractivity contribution >= 4 is 15.0 Å². The second-order valence-corrected chi connectivity index (χ2v) is 7.04. The van der Waals surface area contributed by atoms with E-state index in [-0.39, 0.29) is 5.78 Å². The van der Waals surface area contributed by atoms with Gasteiger partial charge in [0.2, 0.25) is 0 Å². The third kappa shape index (κ3) is 3.54. The summed E-state index contributed by atoms with van der Waals surface area (Å²) in [7, 11) is 2.56. The topological polar surface area (TPSA) is 17.1 Å². The Hall–Kier alpha value is -3.02. The fourth-order valence-electron chi connectivity index (χ4n) is 3.61. The smallest absolute Gasteiger partial charge is 0.167 e. The van der Waals surface area contributed by atoms with Crippen molar-refractivity contribution in [3.05, 3.63) is 109 Å². The van der Waals surface area contributed by atoms with Crippen LogP contribution in [0.2, 0.25) is 0 Å².